The van der Waals surface area contributed by atoms with Crippen LogP contribution in [-0.2, 0) is 4.79 Å². The molecule has 1 heterocycles. The molecule has 3 rings (SSSR count). The van der Waals surface area contributed by atoms with Gasteiger partial charge >= 0.3 is 0 Å². The number of amides is 1. The minimum Gasteiger partial charge on any atom is -0.416 e. The number of nitrogens with zero attached hydrogens (tertiary/aromatic N) is 2. The van der Waals surface area contributed by atoms with Crippen molar-refractivity contribution in [3.63, 3.8) is 0 Å². The average molecular weight is 344 g/mol. The molecule has 2 aromatic rings. The molecule has 110 valence electrons. The fraction of sp³-hybridized carbons (Fsp3) is 0.308. The van der Waals surface area contributed by atoms with Crippen molar-refractivity contribution in [2.75, 3.05) is 11.1 Å². The molecule has 0 aliphatic heterocycles. The van der Waals surface area contributed by atoms with E-state index in [1.165, 1.54) is 11.8 Å². The smallest absolute Gasteiger partial charge is 0.277 e. The molecule has 1 N–H and O–H groups in total. The maximum atomic E-state index is 11.9. The lowest BCUT2D eigenvalue weighted by Crippen LogP contribution is -2.14. The van der Waals surface area contributed by atoms with Crippen LogP contribution in [0, 0.1) is 0 Å². The van der Waals surface area contributed by atoms with Crippen LogP contribution in [0.3, 0.4) is 0 Å². The van der Waals surface area contributed by atoms with Gasteiger partial charge < -0.3 is 9.73 Å². The summed E-state index contributed by atoms with van der Waals surface area (Å²) in [5.74, 6) is 1.05. The van der Waals surface area contributed by atoms with Gasteiger partial charge in [-0.1, -0.05) is 35.0 Å². The summed E-state index contributed by atoms with van der Waals surface area (Å²) in [6, 6.07) is 4.90. The van der Waals surface area contributed by atoms with E-state index in [9.17, 15) is 4.79 Å². The van der Waals surface area contributed by atoms with Gasteiger partial charge in [-0.3, -0.25) is 4.79 Å². The minimum atomic E-state index is -0.199. The number of carbonyl (C=O) groups is 1. The van der Waals surface area contributed by atoms with Crippen LogP contribution in [0.25, 0.3) is 0 Å². The van der Waals surface area contributed by atoms with Crippen LogP contribution in [0.2, 0.25) is 10.0 Å². The van der Waals surface area contributed by atoms with Crippen molar-refractivity contribution in [3.05, 3.63) is 34.1 Å². The van der Waals surface area contributed by atoms with Crippen molar-refractivity contribution in [3.8, 4) is 0 Å². The van der Waals surface area contributed by atoms with Gasteiger partial charge in [-0.15, -0.1) is 10.2 Å². The van der Waals surface area contributed by atoms with Gasteiger partial charge in [-0.2, -0.15) is 0 Å². The Hall–Kier alpha value is -1.24. The molecule has 0 unspecified atom stereocenters. The Morgan fingerprint density at radius 2 is 2.19 bits per heavy atom. The zero-order valence-corrected chi connectivity index (χ0v) is 13.1. The van der Waals surface area contributed by atoms with Gasteiger partial charge in [-0.25, -0.2) is 0 Å². The van der Waals surface area contributed by atoms with E-state index >= 15 is 0 Å². The monoisotopic (exact) mass is 343 g/mol. The number of benzene rings is 1. The van der Waals surface area contributed by atoms with Crippen molar-refractivity contribution >= 4 is 46.6 Å². The number of aromatic nitrogens is 2. The van der Waals surface area contributed by atoms with Crippen molar-refractivity contribution in [2.45, 2.75) is 24.0 Å². The first-order chi connectivity index (χ1) is 10.1. The van der Waals surface area contributed by atoms with Gasteiger partial charge in [0.2, 0.25) is 11.8 Å². The van der Waals surface area contributed by atoms with Crippen LogP contribution in [0.1, 0.15) is 24.7 Å². The van der Waals surface area contributed by atoms with Gasteiger partial charge in [0.25, 0.3) is 5.22 Å². The second-order valence-electron chi connectivity index (χ2n) is 4.64. The molecule has 1 aromatic heterocycles. The van der Waals surface area contributed by atoms with E-state index in [2.05, 4.69) is 15.5 Å². The average Bonchev–Trinajstić information content (AvgIpc) is 3.19. The number of anilines is 1. The maximum Gasteiger partial charge on any atom is 0.277 e. The third kappa shape index (κ3) is 3.90. The largest absolute Gasteiger partial charge is 0.416 e. The molecule has 1 fully saturated rings. The summed E-state index contributed by atoms with van der Waals surface area (Å²) in [6.07, 6.45) is 2.20. The fourth-order valence-electron chi connectivity index (χ4n) is 1.68. The van der Waals surface area contributed by atoms with Crippen molar-refractivity contribution in [1.29, 1.82) is 0 Å². The Bertz CT molecular complexity index is 673. The predicted octanol–water partition coefficient (Wildman–Crippen LogP) is 3.98. The van der Waals surface area contributed by atoms with Crippen LogP contribution >= 0.6 is 35.0 Å². The summed E-state index contributed by atoms with van der Waals surface area (Å²) in [5, 5.41) is 11.9. The summed E-state index contributed by atoms with van der Waals surface area (Å²) in [5.41, 5.74) is 0.524. The molecular weight excluding hydrogens is 333 g/mol. The van der Waals surface area contributed by atoms with Gasteiger partial charge in [-0.05, 0) is 31.0 Å². The lowest BCUT2D eigenvalue weighted by atomic mass is 10.3. The molecular formula is C13H11Cl2N3O2S. The Labute approximate surface area is 135 Å². The number of rotatable bonds is 5. The van der Waals surface area contributed by atoms with E-state index in [0.29, 0.717) is 32.8 Å². The Morgan fingerprint density at radius 3 is 2.90 bits per heavy atom. The summed E-state index contributed by atoms with van der Waals surface area (Å²) < 4.78 is 5.46. The van der Waals surface area contributed by atoms with Crippen LogP contribution < -0.4 is 5.32 Å². The molecule has 8 heteroatoms. The highest BCUT2D eigenvalue weighted by Gasteiger charge is 2.29. The van der Waals surface area contributed by atoms with Gasteiger partial charge in [0, 0.05) is 10.9 Å². The Morgan fingerprint density at radius 1 is 1.38 bits per heavy atom. The van der Waals surface area contributed by atoms with E-state index < -0.39 is 0 Å². The molecule has 0 atom stereocenters. The number of thioether (sulfide) groups is 1. The van der Waals surface area contributed by atoms with E-state index in [1.807, 2.05) is 0 Å². The quantitative estimate of drug-likeness (QED) is 0.831. The van der Waals surface area contributed by atoms with E-state index in [1.54, 1.807) is 18.2 Å². The number of nitrogens with one attached hydrogen (secondary N) is 1. The second kappa shape index (κ2) is 6.25. The zero-order chi connectivity index (χ0) is 14.8. The highest BCUT2D eigenvalue weighted by atomic mass is 35.5. The van der Waals surface area contributed by atoms with E-state index in [4.69, 9.17) is 27.6 Å². The topological polar surface area (TPSA) is 68.0 Å². The van der Waals surface area contributed by atoms with Gasteiger partial charge in [0.05, 0.1) is 16.5 Å². The molecule has 1 amide bonds. The first-order valence-corrected chi connectivity index (χ1v) is 8.07. The third-order valence-electron chi connectivity index (χ3n) is 2.88. The molecule has 0 radical (unpaired) electrons. The fourth-order valence-corrected chi connectivity index (χ4v) is 2.70. The Balaban J connectivity index is 1.53. The van der Waals surface area contributed by atoms with Gasteiger partial charge in [0.1, 0.15) is 0 Å². The molecule has 0 spiro atoms. The molecule has 0 saturated heterocycles. The first-order valence-electron chi connectivity index (χ1n) is 6.33. The summed E-state index contributed by atoms with van der Waals surface area (Å²) in [6.45, 7) is 0. The molecule has 0 bridgehead atoms. The predicted molar refractivity (Wildman–Crippen MR) is 82.1 cm³/mol. The van der Waals surface area contributed by atoms with E-state index in [0.717, 1.165) is 12.8 Å². The van der Waals surface area contributed by atoms with Crippen molar-refractivity contribution in [1.82, 2.24) is 10.2 Å². The highest BCUT2D eigenvalue weighted by Crippen LogP contribution is 2.39. The summed E-state index contributed by atoms with van der Waals surface area (Å²) in [7, 11) is 0. The van der Waals surface area contributed by atoms with Crippen LogP contribution in [0.15, 0.2) is 27.8 Å². The summed E-state index contributed by atoms with van der Waals surface area (Å²) in [4.78, 5) is 11.9. The van der Waals surface area contributed by atoms with Crippen molar-refractivity contribution < 1.29 is 9.21 Å². The number of carbonyl (C=O) groups excluding carboxylic acids is 1. The highest BCUT2D eigenvalue weighted by molar-refractivity contribution is 7.99. The van der Waals surface area contributed by atoms with Gasteiger partial charge in [0.15, 0.2) is 0 Å². The van der Waals surface area contributed by atoms with Crippen LogP contribution in [-0.4, -0.2) is 21.9 Å². The molecule has 1 saturated carbocycles. The maximum absolute atomic E-state index is 11.9. The van der Waals surface area contributed by atoms with Crippen LogP contribution in [0.4, 0.5) is 5.69 Å². The van der Waals surface area contributed by atoms with Crippen molar-refractivity contribution in [2.24, 2.45) is 0 Å². The molecule has 1 aliphatic carbocycles. The third-order valence-corrected chi connectivity index (χ3v) is 4.25. The second-order valence-corrected chi connectivity index (χ2v) is 6.41. The SMILES string of the molecule is O=C(CSc1nnc(C2CC2)o1)Nc1ccc(Cl)cc1Cl. The Kier molecular flexibility index (Phi) is 4.37. The number of halogens is 2. The first kappa shape index (κ1) is 14.7. The summed E-state index contributed by atoms with van der Waals surface area (Å²) >= 11 is 13.0. The molecule has 21 heavy (non-hydrogen) atoms. The lowest BCUT2D eigenvalue weighted by molar-refractivity contribution is -0.113. The van der Waals surface area contributed by atoms with Crippen LogP contribution in [0.5, 0.6) is 0 Å². The zero-order valence-electron chi connectivity index (χ0n) is 10.8. The molecule has 5 nitrogen and oxygen atoms in total. The molecule has 1 aromatic carbocycles. The minimum absolute atomic E-state index is 0.172. The number of hydrogen-bond donors (Lipinski definition) is 1. The normalized spacial score (nSPS) is 14.2. The number of hydrogen-bond acceptors (Lipinski definition) is 5. The lowest BCUT2D eigenvalue weighted by Gasteiger charge is -2.06. The molecule has 1 aliphatic rings. The van der Waals surface area contributed by atoms with E-state index in [-0.39, 0.29) is 11.7 Å². The standard InChI is InChI=1S/C13H11Cl2N3O2S/c14-8-3-4-10(9(15)5-8)16-11(19)6-21-13-18-17-12(20-13)7-1-2-7/h3-5,7H,1-2,6H2,(H,16,19).